The summed E-state index contributed by atoms with van der Waals surface area (Å²) in [5.74, 6) is -1.21. The second-order valence-electron chi connectivity index (χ2n) is 15.7. The minimum atomic E-state index is -1.01. The van der Waals surface area contributed by atoms with Crippen LogP contribution in [0.2, 0.25) is 0 Å². The third kappa shape index (κ3) is 41.0. The normalized spacial score (nSPS) is 11.9. The average molecular weight is 722 g/mol. The van der Waals surface area contributed by atoms with Crippen molar-refractivity contribution in [2.24, 2.45) is 0 Å². The fourth-order valence-corrected chi connectivity index (χ4v) is 7.16. The van der Waals surface area contributed by atoms with E-state index in [-0.39, 0.29) is 24.5 Å². The Labute approximate surface area is 317 Å². The Morgan fingerprint density at radius 2 is 0.725 bits per heavy atom. The summed E-state index contributed by atoms with van der Waals surface area (Å²) in [5, 5.41) is 11.1. The van der Waals surface area contributed by atoms with Crippen molar-refractivity contribution in [3.8, 4) is 0 Å². The van der Waals surface area contributed by atoms with E-state index in [4.69, 9.17) is 9.84 Å². The zero-order chi connectivity index (χ0) is 37.3. The van der Waals surface area contributed by atoms with E-state index in [1.165, 1.54) is 167 Å². The molecule has 0 aromatic heterocycles. The van der Waals surface area contributed by atoms with Gasteiger partial charge in [0.2, 0.25) is 5.91 Å². The number of rotatable bonds is 42. The SMILES string of the molecule is CCCCCCCCCCCCCCCCCCCCC(=O)OC(CCCCCCCCCCCCC)CCCCCCCC(=O)NCC(=O)O. The maximum atomic E-state index is 12.8. The van der Waals surface area contributed by atoms with Gasteiger partial charge in [-0.3, -0.25) is 14.4 Å². The summed E-state index contributed by atoms with van der Waals surface area (Å²) < 4.78 is 6.04. The van der Waals surface area contributed by atoms with Crippen molar-refractivity contribution in [3.63, 3.8) is 0 Å². The molecule has 302 valence electrons. The number of carboxylic acid groups (broad SMARTS) is 1. The van der Waals surface area contributed by atoms with Crippen molar-refractivity contribution in [1.82, 2.24) is 5.32 Å². The first-order valence-electron chi connectivity index (χ1n) is 22.7. The summed E-state index contributed by atoms with van der Waals surface area (Å²) in [4.78, 5) is 35.0. The molecule has 6 heteroatoms. The van der Waals surface area contributed by atoms with E-state index in [1.807, 2.05) is 0 Å². The maximum Gasteiger partial charge on any atom is 0.322 e. The number of amides is 1. The third-order valence-electron chi connectivity index (χ3n) is 10.5. The second kappa shape index (κ2) is 41.2. The summed E-state index contributed by atoms with van der Waals surface area (Å²) in [6, 6.07) is 0. The van der Waals surface area contributed by atoms with E-state index < -0.39 is 5.97 Å². The predicted molar refractivity (Wildman–Crippen MR) is 217 cm³/mol. The van der Waals surface area contributed by atoms with Crippen molar-refractivity contribution in [2.75, 3.05) is 6.54 Å². The van der Waals surface area contributed by atoms with Gasteiger partial charge in [0.1, 0.15) is 12.6 Å². The highest BCUT2D eigenvalue weighted by Crippen LogP contribution is 2.19. The molecular weight excluding hydrogens is 634 g/mol. The first-order chi connectivity index (χ1) is 25.0. The molecule has 0 heterocycles. The Balaban J connectivity index is 4.03. The number of esters is 1. The van der Waals surface area contributed by atoms with Crippen LogP contribution in [0.5, 0.6) is 0 Å². The number of carboxylic acids is 1. The minimum absolute atomic E-state index is 0.00746. The number of nitrogens with one attached hydrogen (secondary N) is 1. The smallest absolute Gasteiger partial charge is 0.322 e. The fraction of sp³-hybridized carbons (Fsp3) is 0.933. The van der Waals surface area contributed by atoms with E-state index >= 15 is 0 Å². The Hall–Kier alpha value is -1.59. The van der Waals surface area contributed by atoms with Gasteiger partial charge < -0.3 is 15.2 Å². The standard InChI is InChI=1S/C45H87NO5/c1-3-5-7-9-11-13-15-16-17-18-19-20-21-23-25-27-32-36-40-45(50)51-42(37-33-29-26-24-22-14-12-10-8-6-4-2)38-34-30-28-31-35-39-43(47)46-41-44(48)49/h42H,3-41H2,1-2H3,(H,46,47)(H,48,49). The van der Waals surface area contributed by atoms with E-state index in [0.717, 1.165) is 64.2 Å². The van der Waals surface area contributed by atoms with Crippen LogP contribution in [0.3, 0.4) is 0 Å². The van der Waals surface area contributed by atoms with Crippen molar-refractivity contribution in [1.29, 1.82) is 0 Å². The van der Waals surface area contributed by atoms with Gasteiger partial charge >= 0.3 is 11.9 Å². The van der Waals surface area contributed by atoms with Gasteiger partial charge in [0.15, 0.2) is 0 Å². The molecule has 0 fully saturated rings. The molecule has 1 unspecified atom stereocenters. The van der Waals surface area contributed by atoms with Gasteiger partial charge in [0.05, 0.1) is 0 Å². The number of carbonyl (C=O) groups excluding carboxylic acids is 2. The molecular formula is C45H87NO5. The largest absolute Gasteiger partial charge is 0.480 e. The van der Waals surface area contributed by atoms with Gasteiger partial charge in [-0.1, -0.05) is 206 Å². The second-order valence-corrected chi connectivity index (χ2v) is 15.7. The van der Waals surface area contributed by atoms with Gasteiger partial charge in [-0.25, -0.2) is 0 Å². The summed E-state index contributed by atoms with van der Waals surface area (Å²) in [6.07, 6.45) is 46.6. The lowest BCUT2D eigenvalue weighted by Gasteiger charge is -2.18. The molecule has 0 aromatic rings. The minimum Gasteiger partial charge on any atom is -0.480 e. The number of unbranched alkanes of at least 4 members (excludes halogenated alkanes) is 31. The van der Waals surface area contributed by atoms with Crippen LogP contribution in [0.4, 0.5) is 0 Å². The monoisotopic (exact) mass is 722 g/mol. The van der Waals surface area contributed by atoms with E-state index in [2.05, 4.69) is 19.2 Å². The molecule has 1 amide bonds. The molecule has 0 aliphatic carbocycles. The molecule has 6 nitrogen and oxygen atoms in total. The van der Waals surface area contributed by atoms with Crippen LogP contribution < -0.4 is 5.32 Å². The molecule has 0 saturated heterocycles. The molecule has 0 aliphatic heterocycles. The Bertz CT molecular complexity index is 757. The third-order valence-corrected chi connectivity index (χ3v) is 10.5. The molecule has 2 N–H and O–H groups in total. The van der Waals surface area contributed by atoms with Gasteiger partial charge in [0, 0.05) is 12.8 Å². The van der Waals surface area contributed by atoms with Crippen molar-refractivity contribution in [3.05, 3.63) is 0 Å². The van der Waals surface area contributed by atoms with Crippen molar-refractivity contribution in [2.45, 2.75) is 264 Å². The molecule has 0 radical (unpaired) electrons. The number of carbonyl (C=O) groups is 3. The zero-order valence-corrected chi connectivity index (χ0v) is 34.2. The van der Waals surface area contributed by atoms with Crippen LogP contribution in [0, 0.1) is 0 Å². The highest BCUT2D eigenvalue weighted by atomic mass is 16.5. The predicted octanol–water partition coefficient (Wildman–Crippen LogP) is 14.0. The Kier molecular flexibility index (Phi) is 39.9. The van der Waals surface area contributed by atoms with E-state index in [0.29, 0.717) is 12.8 Å². The van der Waals surface area contributed by atoms with Crippen LogP contribution in [-0.4, -0.2) is 35.6 Å². The van der Waals surface area contributed by atoms with Crippen LogP contribution in [0.25, 0.3) is 0 Å². The lowest BCUT2D eigenvalue weighted by atomic mass is 10.0. The molecule has 51 heavy (non-hydrogen) atoms. The summed E-state index contributed by atoms with van der Waals surface area (Å²) in [7, 11) is 0. The highest BCUT2D eigenvalue weighted by Gasteiger charge is 2.14. The molecule has 0 bridgehead atoms. The number of aliphatic carboxylic acids is 1. The molecule has 0 spiro atoms. The van der Waals surface area contributed by atoms with Crippen LogP contribution in [0.1, 0.15) is 258 Å². The summed E-state index contributed by atoms with van der Waals surface area (Å²) in [6.45, 7) is 4.25. The Morgan fingerprint density at radius 1 is 0.431 bits per heavy atom. The van der Waals surface area contributed by atoms with Crippen molar-refractivity contribution < 1.29 is 24.2 Å². The van der Waals surface area contributed by atoms with Crippen molar-refractivity contribution >= 4 is 17.8 Å². The number of ether oxygens (including phenoxy) is 1. The maximum absolute atomic E-state index is 12.8. The van der Waals surface area contributed by atoms with Crippen LogP contribution >= 0.6 is 0 Å². The fourth-order valence-electron chi connectivity index (χ4n) is 7.16. The van der Waals surface area contributed by atoms with Gasteiger partial charge in [-0.2, -0.15) is 0 Å². The van der Waals surface area contributed by atoms with E-state index in [1.54, 1.807) is 0 Å². The summed E-state index contributed by atoms with van der Waals surface area (Å²) in [5.41, 5.74) is 0. The lowest BCUT2D eigenvalue weighted by molar-refractivity contribution is -0.150. The number of hydrogen-bond donors (Lipinski definition) is 2. The van der Waals surface area contributed by atoms with Gasteiger partial charge in [-0.05, 0) is 38.5 Å². The van der Waals surface area contributed by atoms with Crippen LogP contribution in [-0.2, 0) is 19.1 Å². The molecule has 0 aromatic carbocycles. The average Bonchev–Trinajstić information content (AvgIpc) is 3.11. The topological polar surface area (TPSA) is 92.7 Å². The van der Waals surface area contributed by atoms with E-state index in [9.17, 15) is 14.4 Å². The van der Waals surface area contributed by atoms with Gasteiger partial charge in [-0.15, -0.1) is 0 Å². The molecule has 0 rings (SSSR count). The Morgan fingerprint density at radius 3 is 1.06 bits per heavy atom. The number of hydrogen-bond acceptors (Lipinski definition) is 4. The zero-order valence-electron chi connectivity index (χ0n) is 34.2. The first-order valence-corrected chi connectivity index (χ1v) is 22.7. The quantitative estimate of drug-likeness (QED) is 0.0483. The molecule has 1 atom stereocenters. The lowest BCUT2D eigenvalue weighted by Crippen LogP contribution is -2.28. The summed E-state index contributed by atoms with van der Waals surface area (Å²) >= 11 is 0. The first kappa shape index (κ1) is 49.4. The molecule has 0 aliphatic rings. The van der Waals surface area contributed by atoms with Gasteiger partial charge in [0.25, 0.3) is 0 Å². The van der Waals surface area contributed by atoms with Crippen LogP contribution in [0.15, 0.2) is 0 Å². The molecule has 0 saturated carbocycles. The highest BCUT2D eigenvalue weighted by molar-refractivity contribution is 5.80.